The number of anilines is 1. The number of hydrogen-bond acceptors (Lipinski definition) is 6. The number of alkyl halides is 3. The van der Waals surface area contributed by atoms with Gasteiger partial charge in [-0.15, -0.1) is 0 Å². The van der Waals surface area contributed by atoms with Gasteiger partial charge in [-0.05, 0) is 30.4 Å². The summed E-state index contributed by atoms with van der Waals surface area (Å²) < 4.78 is 39.1. The highest BCUT2D eigenvalue weighted by Gasteiger charge is 2.39. The molecule has 1 aliphatic carbocycles. The van der Waals surface area contributed by atoms with Gasteiger partial charge >= 0.3 is 6.18 Å². The van der Waals surface area contributed by atoms with E-state index < -0.39 is 29.8 Å². The Bertz CT molecular complexity index is 907. The summed E-state index contributed by atoms with van der Waals surface area (Å²) in [7, 11) is 0. The summed E-state index contributed by atoms with van der Waals surface area (Å²) in [6.45, 7) is 0.0285. The third-order valence-electron chi connectivity index (χ3n) is 5.34. The van der Waals surface area contributed by atoms with Gasteiger partial charge in [0.15, 0.2) is 0 Å². The van der Waals surface area contributed by atoms with E-state index in [1.807, 2.05) is 6.07 Å². The molecule has 0 aliphatic heterocycles. The molecular weight excluding hydrogens is 427 g/mol. The molecule has 0 spiro atoms. The highest BCUT2D eigenvalue weighted by Crippen LogP contribution is 2.31. The lowest BCUT2D eigenvalue weighted by Crippen LogP contribution is -2.55. The molecule has 1 aromatic carbocycles. The predicted molar refractivity (Wildman–Crippen MR) is 108 cm³/mol. The first kappa shape index (κ1) is 23.6. The third kappa shape index (κ3) is 5.80. The molecule has 1 atom stereocenters. The van der Waals surface area contributed by atoms with Gasteiger partial charge in [0, 0.05) is 6.20 Å². The Hall–Kier alpha value is -3.05. The van der Waals surface area contributed by atoms with Crippen LogP contribution in [0.1, 0.15) is 43.4 Å². The number of amides is 2. The molecule has 1 unspecified atom stereocenters. The largest absolute Gasteiger partial charge is 0.433 e. The first-order valence-electron chi connectivity index (χ1n) is 10.2. The maximum atomic E-state index is 13.3. The summed E-state index contributed by atoms with van der Waals surface area (Å²) in [5.41, 5.74) is -0.451. The summed E-state index contributed by atoms with van der Waals surface area (Å²) in [4.78, 5) is 37.8. The van der Waals surface area contributed by atoms with Crippen molar-refractivity contribution >= 4 is 18.3 Å². The van der Waals surface area contributed by atoms with Crippen LogP contribution in [0.3, 0.4) is 0 Å². The van der Waals surface area contributed by atoms with Gasteiger partial charge in [0.1, 0.15) is 18.3 Å². The highest BCUT2D eigenvalue weighted by atomic mass is 19.4. The van der Waals surface area contributed by atoms with Gasteiger partial charge in [0.05, 0.1) is 0 Å². The number of hydrazine groups is 1. The molecular formula is C21H24F3N5O3. The Balaban J connectivity index is 1.85. The second-order valence-corrected chi connectivity index (χ2v) is 7.52. The van der Waals surface area contributed by atoms with E-state index in [1.54, 1.807) is 24.3 Å². The minimum Gasteiger partial charge on any atom is -0.276 e. The minimum atomic E-state index is -4.72. The maximum Gasteiger partial charge on any atom is 0.433 e. The van der Waals surface area contributed by atoms with Crippen LogP contribution in [0.4, 0.5) is 19.1 Å². The molecule has 1 aliphatic rings. The normalized spacial score (nSPS) is 15.8. The fraction of sp³-hybridized carbons (Fsp3) is 0.429. The number of halogens is 3. The van der Waals surface area contributed by atoms with Crippen LogP contribution in [0.15, 0.2) is 42.6 Å². The lowest BCUT2D eigenvalue weighted by atomic mass is 9.83. The Morgan fingerprint density at radius 3 is 2.50 bits per heavy atom. The summed E-state index contributed by atoms with van der Waals surface area (Å²) in [6.07, 6.45) is 0.525. The van der Waals surface area contributed by atoms with E-state index in [4.69, 9.17) is 10.7 Å². The van der Waals surface area contributed by atoms with Gasteiger partial charge in [0.25, 0.3) is 5.91 Å². The summed E-state index contributed by atoms with van der Waals surface area (Å²) in [6, 6.07) is 8.59. The van der Waals surface area contributed by atoms with Crippen molar-refractivity contribution in [3.63, 3.8) is 0 Å². The molecule has 1 saturated carbocycles. The smallest absolute Gasteiger partial charge is 0.276 e. The second kappa shape index (κ2) is 10.5. The molecule has 2 amide bonds. The van der Waals surface area contributed by atoms with Crippen molar-refractivity contribution in [3.8, 4) is 0 Å². The fourth-order valence-electron chi connectivity index (χ4n) is 3.73. The molecule has 8 nitrogen and oxygen atoms in total. The summed E-state index contributed by atoms with van der Waals surface area (Å²) in [5.74, 6) is 4.15. The minimum absolute atomic E-state index is 0.0285. The van der Waals surface area contributed by atoms with Crippen LogP contribution in [-0.4, -0.2) is 33.4 Å². The molecule has 172 valence electrons. The average molecular weight is 451 g/mol. The lowest BCUT2D eigenvalue weighted by molar-refractivity contribution is -0.201. The van der Waals surface area contributed by atoms with E-state index >= 15 is 0 Å². The van der Waals surface area contributed by atoms with Gasteiger partial charge in [-0.2, -0.15) is 13.2 Å². The van der Waals surface area contributed by atoms with E-state index in [1.165, 1.54) is 0 Å². The standard InChI is InChI=1S/C21H24F3N5O3/c22-21(23,24)17-11-12-26-20(27-17)29(25)19(31)18(16-9-5-2-6-10-16)28(14-30)32-13-15-7-3-1-4-8-15/h1,3-4,7-8,11-12,14,16,18H,2,5-6,9-10,13,25H2. The molecule has 0 saturated heterocycles. The number of nitrogens with two attached hydrogens (primary N) is 1. The van der Waals surface area contributed by atoms with Crippen molar-refractivity contribution < 1.29 is 27.6 Å². The molecule has 11 heteroatoms. The number of hydrogen-bond donors (Lipinski definition) is 1. The van der Waals surface area contributed by atoms with E-state index in [-0.39, 0.29) is 12.5 Å². The quantitative estimate of drug-likeness (QED) is 0.286. The average Bonchev–Trinajstić information content (AvgIpc) is 2.81. The van der Waals surface area contributed by atoms with Crippen LogP contribution >= 0.6 is 0 Å². The van der Waals surface area contributed by atoms with Gasteiger partial charge in [-0.1, -0.05) is 49.6 Å². The van der Waals surface area contributed by atoms with Gasteiger partial charge in [0.2, 0.25) is 12.4 Å². The number of nitrogens with zero attached hydrogens (tertiary/aromatic N) is 4. The van der Waals surface area contributed by atoms with E-state index in [2.05, 4.69) is 9.97 Å². The number of carbonyl (C=O) groups is 2. The van der Waals surface area contributed by atoms with Crippen LogP contribution in [0.2, 0.25) is 0 Å². The maximum absolute atomic E-state index is 13.3. The van der Waals surface area contributed by atoms with E-state index in [9.17, 15) is 22.8 Å². The van der Waals surface area contributed by atoms with Gasteiger partial charge in [-0.25, -0.2) is 25.9 Å². The van der Waals surface area contributed by atoms with Crippen LogP contribution in [0.5, 0.6) is 0 Å². The third-order valence-corrected chi connectivity index (χ3v) is 5.34. The first-order chi connectivity index (χ1) is 15.3. The topological polar surface area (TPSA) is 102 Å². The van der Waals surface area contributed by atoms with Crippen molar-refractivity contribution in [1.82, 2.24) is 15.0 Å². The predicted octanol–water partition coefficient (Wildman–Crippen LogP) is 3.24. The van der Waals surface area contributed by atoms with Crippen LogP contribution in [-0.2, 0) is 27.2 Å². The molecule has 32 heavy (non-hydrogen) atoms. The monoisotopic (exact) mass is 451 g/mol. The van der Waals surface area contributed by atoms with Crippen molar-refractivity contribution in [1.29, 1.82) is 0 Å². The molecule has 0 bridgehead atoms. The fourth-order valence-corrected chi connectivity index (χ4v) is 3.73. The zero-order chi connectivity index (χ0) is 23.1. The second-order valence-electron chi connectivity index (χ2n) is 7.52. The van der Waals surface area contributed by atoms with E-state index in [0.717, 1.165) is 36.1 Å². The molecule has 0 radical (unpaired) electrons. The first-order valence-corrected chi connectivity index (χ1v) is 10.2. The number of hydroxylamine groups is 2. The molecule has 2 N–H and O–H groups in total. The Morgan fingerprint density at radius 2 is 1.88 bits per heavy atom. The number of carbonyl (C=O) groups excluding carboxylic acids is 2. The highest BCUT2D eigenvalue weighted by molar-refractivity contribution is 5.95. The molecule has 1 fully saturated rings. The van der Waals surface area contributed by atoms with Gasteiger partial charge < -0.3 is 0 Å². The Labute approximate surface area is 183 Å². The molecule has 2 aromatic rings. The molecule has 3 rings (SSSR count). The number of aromatic nitrogens is 2. The van der Waals surface area contributed by atoms with Crippen molar-refractivity contribution in [2.75, 3.05) is 5.01 Å². The van der Waals surface area contributed by atoms with E-state index in [0.29, 0.717) is 30.3 Å². The van der Waals surface area contributed by atoms with Crippen LogP contribution < -0.4 is 10.9 Å². The lowest BCUT2D eigenvalue weighted by Gasteiger charge is -2.36. The number of benzene rings is 1. The molecule has 1 heterocycles. The summed E-state index contributed by atoms with van der Waals surface area (Å²) in [5, 5.41) is 1.36. The SMILES string of the molecule is NN(C(=O)C(C1CCCCC1)N(C=O)OCc1ccccc1)c1nccc(C(F)(F)F)n1. The van der Waals surface area contributed by atoms with Crippen LogP contribution in [0.25, 0.3) is 0 Å². The Kier molecular flexibility index (Phi) is 7.75. The number of rotatable bonds is 8. The zero-order valence-electron chi connectivity index (χ0n) is 17.2. The van der Waals surface area contributed by atoms with Gasteiger partial charge in [-0.3, -0.25) is 14.4 Å². The van der Waals surface area contributed by atoms with Crippen molar-refractivity contribution in [3.05, 3.63) is 53.9 Å². The van der Waals surface area contributed by atoms with Crippen molar-refractivity contribution in [2.45, 2.75) is 50.9 Å². The molecule has 1 aromatic heterocycles. The van der Waals surface area contributed by atoms with Crippen LogP contribution in [0, 0.1) is 5.92 Å². The van der Waals surface area contributed by atoms with Crippen molar-refractivity contribution in [2.24, 2.45) is 11.8 Å². The summed E-state index contributed by atoms with van der Waals surface area (Å²) >= 11 is 0. The zero-order valence-corrected chi connectivity index (χ0v) is 17.2. The Morgan fingerprint density at radius 1 is 1.19 bits per heavy atom.